The Hall–Kier alpha value is -2.99. The van der Waals surface area contributed by atoms with E-state index in [0.717, 1.165) is 52.7 Å². The SMILES string of the molecule is Cc1ccc2c3c([nH]c2c1)C(c1c(F)cc(/C=C/C(=O)O)cc1F)N(CC12CC(C1)C2)C(C)(C)C3. The van der Waals surface area contributed by atoms with Crippen molar-refractivity contribution in [3.05, 3.63) is 76.0 Å². The van der Waals surface area contributed by atoms with Gasteiger partial charge in [0.05, 0.1) is 6.04 Å². The van der Waals surface area contributed by atoms with Gasteiger partial charge < -0.3 is 10.1 Å². The monoisotopic (exact) mass is 476 g/mol. The number of nitrogens with one attached hydrogen (secondary N) is 1. The van der Waals surface area contributed by atoms with E-state index in [1.54, 1.807) is 0 Å². The van der Waals surface area contributed by atoms with Crippen LogP contribution in [0.25, 0.3) is 17.0 Å². The molecule has 2 aromatic carbocycles. The lowest BCUT2D eigenvalue weighted by molar-refractivity contribution is -0.145. The normalized spacial score (nSPS) is 27.0. The number of aryl methyl sites for hydroxylation is 1. The third kappa shape index (κ3) is 3.53. The Morgan fingerprint density at radius 3 is 2.46 bits per heavy atom. The molecule has 0 saturated heterocycles. The number of hydrogen-bond donors (Lipinski definition) is 2. The van der Waals surface area contributed by atoms with Gasteiger partial charge in [0.2, 0.25) is 0 Å². The first-order valence-corrected chi connectivity index (χ1v) is 12.3. The fraction of sp³-hybridized carbons (Fsp3) is 0.414. The highest BCUT2D eigenvalue weighted by atomic mass is 19.1. The molecule has 35 heavy (non-hydrogen) atoms. The minimum absolute atomic E-state index is 0.0291. The summed E-state index contributed by atoms with van der Waals surface area (Å²) in [6.45, 7) is 7.22. The number of aromatic nitrogens is 1. The topological polar surface area (TPSA) is 56.3 Å². The second kappa shape index (κ2) is 7.50. The van der Waals surface area contributed by atoms with Gasteiger partial charge in [0.15, 0.2) is 0 Å². The Morgan fingerprint density at radius 2 is 1.86 bits per heavy atom. The molecule has 2 N–H and O–H groups in total. The predicted octanol–water partition coefficient (Wildman–Crippen LogP) is 6.38. The molecule has 0 amide bonds. The number of halogens is 2. The summed E-state index contributed by atoms with van der Waals surface area (Å²) in [6, 6.07) is 8.17. The largest absolute Gasteiger partial charge is 0.478 e. The summed E-state index contributed by atoms with van der Waals surface area (Å²) in [6.07, 6.45) is 6.52. The van der Waals surface area contributed by atoms with E-state index in [2.05, 4.69) is 41.9 Å². The van der Waals surface area contributed by atoms with E-state index in [1.807, 2.05) is 6.92 Å². The zero-order valence-electron chi connectivity index (χ0n) is 20.3. The molecule has 3 fully saturated rings. The van der Waals surface area contributed by atoms with Gasteiger partial charge in [-0.05, 0) is 98.8 Å². The second-order valence-electron chi connectivity index (χ2n) is 11.6. The van der Waals surface area contributed by atoms with Crippen molar-refractivity contribution in [2.24, 2.45) is 11.3 Å². The van der Waals surface area contributed by atoms with Crippen molar-refractivity contribution in [1.29, 1.82) is 0 Å². The molecule has 0 spiro atoms. The standard InChI is InChI=1S/C29H30F2N2O2/c1-16-4-6-19-20-14-28(2,3)33(15-29-11-18(12-29)13-29)27(26(20)32-23(19)8-16)25-21(30)9-17(10-22(25)31)5-7-24(34)35/h4-10,18,27,32H,11-15H2,1-3H3,(H,34,35)/b7-5+. The van der Waals surface area contributed by atoms with Gasteiger partial charge in [-0.3, -0.25) is 4.90 Å². The number of aliphatic carboxylic acids is 1. The number of rotatable bonds is 5. The highest BCUT2D eigenvalue weighted by Crippen LogP contribution is 2.65. The number of carboxylic acids is 1. The Labute approximate surface area is 203 Å². The molecule has 6 heteroatoms. The van der Waals surface area contributed by atoms with Crippen LogP contribution in [0.2, 0.25) is 0 Å². The maximum atomic E-state index is 15.7. The number of benzene rings is 2. The van der Waals surface area contributed by atoms with Crippen molar-refractivity contribution in [1.82, 2.24) is 9.88 Å². The van der Waals surface area contributed by atoms with E-state index in [0.29, 0.717) is 0 Å². The van der Waals surface area contributed by atoms with Crippen LogP contribution in [0.5, 0.6) is 0 Å². The molecule has 4 nitrogen and oxygen atoms in total. The van der Waals surface area contributed by atoms with Crippen LogP contribution in [0.15, 0.2) is 36.4 Å². The summed E-state index contributed by atoms with van der Waals surface area (Å²) in [4.78, 5) is 16.8. The third-order valence-electron chi connectivity index (χ3n) is 8.53. The predicted molar refractivity (Wildman–Crippen MR) is 132 cm³/mol. The molecule has 1 aromatic heterocycles. The van der Waals surface area contributed by atoms with Gasteiger partial charge in [-0.1, -0.05) is 12.1 Å². The van der Waals surface area contributed by atoms with Gasteiger partial charge >= 0.3 is 5.97 Å². The van der Waals surface area contributed by atoms with Crippen LogP contribution in [0.1, 0.15) is 67.1 Å². The maximum absolute atomic E-state index is 15.7. The van der Waals surface area contributed by atoms with Crippen molar-refractivity contribution in [2.45, 2.75) is 58.0 Å². The van der Waals surface area contributed by atoms with Gasteiger partial charge in [0.1, 0.15) is 11.6 Å². The molecular weight excluding hydrogens is 446 g/mol. The highest BCUT2D eigenvalue weighted by Gasteiger charge is 2.59. The van der Waals surface area contributed by atoms with Crippen LogP contribution in [0, 0.1) is 29.9 Å². The number of hydrogen-bond acceptors (Lipinski definition) is 2. The summed E-state index contributed by atoms with van der Waals surface area (Å²) in [5.74, 6) is -1.64. The van der Waals surface area contributed by atoms with E-state index in [1.165, 1.54) is 37.5 Å². The summed E-state index contributed by atoms with van der Waals surface area (Å²) < 4.78 is 31.5. The molecule has 2 heterocycles. The lowest BCUT2D eigenvalue weighted by Gasteiger charge is -2.65. The van der Waals surface area contributed by atoms with Gasteiger partial charge in [-0.15, -0.1) is 0 Å². The van der Waals surface area contributed by atoms with Gasteiger partial charge in [0.25, 0.3) is 0 Å². The third-order valence-corrected chi connectivity index (χ3v) is 8.53. The second-order valence-corrected chi connectivity index (χ2v) is 11.6. The zero-order valence-corrected chi connectivity index (χ0v) is 20.3. The lowest BCUT2D eigenvalue weighted by atomic mass is 9.44. The van der Waals surface area contributed by atoms with Crippen molar-refractivity contribution in [3.63, 3.8) is 0 Å². The van der Waals surface area contributed by atoms with Crippen LogP contribution in [0.4, 0.5) is 8.78 Å². The van der Waals surface area contributed by atoms with Crippen LogP contribution in [-0.4, -0.2) is 33.0 Å². The summed E-state index contributed by atoms with van der Waals surface area (Å²) in [5, 5.41) is 10.0. The summed E-state index contributed by atoms with van der Waals surface area (Å²) in [7, 11) is 0. The number of carboxylic acid groups (broad SMARTS) is 1. The number of aromatic amines is 1. The number of fused-ring (bicyclic) bond motifs is 3. The summed E-state index contributed by atoms with van der Waals surface area (Å²) >= 11 is 0. The van der Waals surface area contributed by atoms with Crippen molar-refractivity contribution in [3.8, 4) is 0 Å². The molecule has 3 saturated carbocycles. The van der Waals surface area contributed by atoms with E-state index in [4.69, 9.17) is 5.11 Å². The van der Waals surface area contributed by atoms with Crippen LogP contribution in [-0.2, 0) is 11.2 Å². The molecule has 2 bridgehead atoms. The molecule has 7 rings (SSSR count). The molecule has 3 aromatic rings. The number of H-pyrrole nitrogens is 1. The first kappa shape index (κ1) is 22.5. The van der Waals surface area contributed by atoms with Crippen LogP contribution < -0.4 is 0 Å². The average Bonchev–Trinajstić information content (AvgIpc) is 3.04. The summed E-state index contributed by atoms with van der Waals surface area (Å²) in [5.41, 5.74) is 4.29. The fourth-order valence-electron chi connectivity index (χ4n) is 6.80. The lowest BCUT2D eigenvalue weighted by Crippen LogP contribution is -2.62. The van der Waals surface area contributed by atoms with Crippen molar-refractivity contribution >= 4 is 22.9 Å². The maximum Gasteiger partial charge on any atom is 0.328 e. The molecule has 4 aliphatic rings. The molecule has 1 unspecified atom stereocenters. The number of nitrogens with zero attached hydrogens (tertiary/aromatic N) is 1. The van der Waals surface area contributed by atoms with E-state index < -0.39 is 23.6 Å². The Bertz CT molecular complexity index is 1360. The van der Waals surface area contributed by atoms with Gasteiger partial charge in [0, 0.05) is 40.3 Å². The highest BCUT2D eigenvalue weighted by molar-refractivity contribution is 5.86. The quantitative estimate of drug-likeness (QED) is 0.420. The molecule has 3 aliphatic carbocycles. The first-order chi connectivity index (χ1) is 16.6. The zero-order chi connectivity index (χ0) is 24.7. The molecular formula is C29H30F2N2O2. The van der Waals surface area contributed by atoms with Gasteiger partial charge in [-0.2, -0.15) is 0 Å². The number of carbonyl (C=O) groups is 1. The van der Waals surface area contributed by atoms with Gasteiger partial charge in [-0.25, -0.2) is 13.6 Å². The Morgan fingerprint density at radius 1 is 1.17 bits per heavy atom. The molecule has 182 valence electrons. The molecule has 0 radical (unpaired) electrons. The van der Waals surface area contributed by atoms with Crippen molar-refractivity contribution in [2.75, 3.05) is 6.54 Å². The first-order valence-electron chi connectivity index (χ1n) is 12.3. The minimum Gasteiger partial charge on any atom is -0.478 e. The van der Waals surface area contributed by atoms with Crippen molar-refractivity contribution < 1.29 is 18.7 Å². The molecule has 1 atom stereocenters. The smallest absolute Gasteiger partial charge is 0.328 e. The minimum atomic E-state index is -1.16. The van der Waals surface area contributed by atoms with E-state index in [-0.39, 0.29) is 22.1 Å². The Balaban J connectivity index is 1.54. The Kier molecular flexibility index (Phi) is 4.82. The van der Waals surface area contributed by atoms with E-state index in [9.17, 15) is 4.79 Å². The average molecular weight is 477 g/mol. The van der Waals surface area contributed by atoms with E-state index >= 15 is 8.78 Å². The van der Waals surface area contributed by atoms with Crippen LogP contribution in [0.3, 0.4) is 0 Å². The molecule has 1 aliphatic heterocycles. The van der Waals surface area contributed by atoms with Crippen LogP contribution >= 0.6 is 0 Å². The fourth-order valence-corrected chi connectivity index (χ4v) is 6.80.